The smallest absolute Gasteiger partial charge is 0.371 e. The molecule has 1 heterocycles. The number of carboxylic acid groups (broad SMARTS) is 3. The number of rotatable bonds is 5. The zero-order valence-corrected chi connectivity index (χ0v) is 15.1. The summed E-state index contributed by atoms with van der Waals surface area (Å²) in [7, 11) is 0. The number of hydrogen-bond acceptors (Lipinski definition) is 5. The van der Waals surface area contributed by atoms with Gasteiger partial charge in [0.2, 0.25) is 5.76 Å². The summed E-state index contributed by atoms with van der Waals surface area (Å²) in [6, 6.07) is 8.70. The molecule has 3 rings (SSSR count). The second-order valence-electron chi connectivity index (χ2n) is 6.43. The maximum absolute atomic E-state index is 11.2. The first-order valence-electron chi connectivity index (χ1n) is 8.38. The Hall–Kier alpha value is -3.39. The second kappa shape index (κ2) is 8.53. The highest BCUT2D eigenvalue weighted by Crippen LogP contribution is 2.39. The van der Waals surface area contributed by atoms with E-state index in [0.717, 1.165) is 5.39 Å². The van der Waals surface area contributed by atoms with Gasteiger partial charge < -0.3 is 24.8 Å². The molecule has 0 aliphatic heterocycles. The van der Waals surface area contributed by atoms with Crippen LogP contribution in [-0.4, -0.2) is 44.9 Å². The molecular weight excluding hydrogens is 368 g/mol. The molecule has 1 unspecified atom stereocenters. The van der Waals surface area contributed by atoms with E-state index in [0.29, 0.717) is 11.2 Å². The number of para-hydroxylation sites is 1. The topological polar surface area (TPSA) is 145 Å². The average molecular weight is 388 g/mol. The highest BCUT2D eigenvalue weighted by molar-refractivity contribution is 5.91. The normalized spacial score (nSPS) is 18.5. The minimum atomic E-state index is -1.23. The van der Waals surface area contributed by atoms with Crippen molar-refractivity contribution in [2.24, 2.45) is 5.41 Å². The van der Waals surface area contributed by atoms with Gasteiger partial charge in [-0.3, -0.25) is 4.79 Å². The Labute approximate surface area is 160 Å². The van der Waals surface area contributed by atoms with Gasteiger partial charge in [-0.15, -0.1) is 0 Å². The molecule has 28 heavy (non-hydrogen) atoms. The fourth-order valence-corrected chi connectivity index (χ4v) is 2.87. The first-order chi connectivity index (χ1) is 13.2. The number of aromatic carboxylic acids is 1. The Morgan fingerprint density at radius 2 is 1.75 bits per heavy atom. The standard InChI is InChI=1S/C11H14O5.C9H6O3/c1-11(10(15)16)6-7(9(13)14)2-3-8(11)4-5-12;10-9(11)8-5-6-3-1-2-4-7(6)12-8/h2-3,12H,4-6H2,1H3,(H,13,14)(H,15,16);1-5H,(H,10,11). The quantitative estimate of drug-likeness (QED) is 0.612. The van der Waals surface area contributed by atoms with Crippen LogP contribution in [0.4, 0.5) is 0 Å². The van der Waals surface area contributed by atoms with Crippen LogP contribution in [0.1, 0.15) is 30.3 Å². The third-order valence-electron chi connectivity index (χ3n) is 4.50. The predicted molar refractivity (Wildman–Crippen MR) is 99.0 cm³/mol. The Kier molecular flexibility index (Phi) is 6.37. The van der Waals surface area contributed by atoms with Crippen LogP contribution < -0.4 is 0 Å². The molecule has 1 aliphatic rings. The molecule has 8 nitrogen and oxygen atoms in total. The van der Waals surface area contributed by atoms with Crippen molar-refractivity contribution >= 4 is 28.9 Å². The van der Waals surface area contributed by atoms with Crippen LogP contribution in [0.2, 0.25) is 0 Å². The number of carbonyl (C=O) groups is 3. The minimum absolute atomic E-state index is 0.0174. The van der Waals surface area contributed by atoms with Gasteiger partial charge >= 0.3 is 17.9 Å². The zero-order valence-electron chi connectivity index (χ0n) is 15.1. The van der Waals surface area contributed by atoms with Gasteiger partial charge in [-0.05, 0) is 31.9 Å². The van der Waals surface area contributed by atoms with Crippen molar-refractivity contribution < 1.29 is 39.2 Å². The SMILES string of the molecule is CC1(C(=O)O)CC(C(=O)O)=CC=C1CCO.O=C(O)c1cc2ccccc2o1. The van der Waals surface area contributed by atoms with Gasteiger partial charge in [0.1, 0.15) is 5.58 Å². The molecule has 4 N–H and O–H groups in total. The summed E-state index contributed by atoms with van der Waals surface area (Å²) in [6.45, 7) is 1.33. The molecule has 1 atom stereocenters. The van der Waals surface area contributed by atoms with Crippen molar-refractivity contribution in [2.75, 3.05) is 6.61 Å². The molecule has 0 saturated carbocycles. The van der Waals surface area contributed by atoms with Gasteiger partial charge in [-0.2, -0.15) is 0 Å². The van der Waals surface area contributed by atoms with Crippen molar-refractivity contribution in [2.45, 2.75) is 19.8 Å². The number of furan rings is 1. The van der Waals surface area contributed by atoms with Crippen LogP contribution >= 0.6 is 0 Å². The van der Waals surface area contributed by atoms with Crippen molar-refractivity contribution in [3.63, 3.8) is 0 Å². The van der Waals surface area contributed by atoms with E-state index in [-0.39, 0.29) is 30.8 Å². The third kappa shape index (κ3) is 4.47. The summed E-state index contributed by atoms with van der Waals surface area (Å²) in [6.07, 6.45) is 3.07. The zero-order chi connectivity index (χ0) is 20.9. The highest BCUT2D eigenvalue weighted by atomic mass is 16.4. The van der Waals surface area contributed by atoms with Crippen molar-refractivity contribution in [3.8, 4) is 0 Å². The first kappa shape index (κ1) is 20.9. The first-order valence-corrected chi connectivity index (χ1v) is 8.38. The Balaban J connectivity index is 0.000000207. The molecule has 0 bridgehead atoms. The number of aliphatic hydroxyl groups excluding tert-OH is 1. The van der Waals surface area contributed by atoms with E-state index in [4.69, 9.17) is 24.8 Å². The number of carboxylic acids is 3. The largest absolute Gasteiger partial charge is 0.481 e. The second-order valence-corrected chi connectivity index (χ2v) is 6.43. The van der Waals surface area contributed by atoms with Gasteiger partial charge in [0.15, 0.2) is 0 Å². The summed E-state index contributed by atoms with van der Waals surface area (Å²) >= 11 is 0. The lowest BCUT2D eigenvalue weighted by atomic mass is 9.72. The van der Waals surface area contributed by atoms with Crippen molar-refractivity contribution in [1.82, 2.24) is 0 Å². The van der Waals surface area contributed by atoms with Crippen molar-refractivity contribution in [1.29, 1.82) is 0 Å². The lowest BCUT2D eigenvalue weighted by Gasteiger charge is -2.30. The summed E-state index contributed by atoms with van der Waals surface area (Å²) in [5.41, 5.74) is -0.000403. The Bertz CT molecular complexity index is 932. The van der Waals surface area contributed by atoms with Gasteiger partial charge in [-0.25, -0.2) is 9.59 Å². The van der Waals surface area contributed by atoms with Crippen LogP contribution in [0.5, 0.6) is 0 Å². The van der Waals surface area contributed by atoms with E-state index in [1.807, 2.05) is 12.1 Å². The molecule has 0 amide bonds. The molecule has 2 aromatic rings. The molecule has 1 aromatic heterocycles. The molecular formula is C20H20O8. The van der Waals surface area contributed by atoms with Crippen LogP contribution in [-0.2, 0) is 9.59 Å². The van der Waals surface area contributed by atoms with Crippen LogP contribution in [0.15, 0.2) is 58.0 Å². The molecule has 148 valence electrons. The third-order valence-corrected chi connectivity index (χ3v) is 4.50. The summed E-state index contributed by atoms with van der Waals surface area (Å²) in [4.78, 5) is 32.5. The minimum Gasteiger partial charge on any atom is -0.481 e. The number of hydrogen-bond donors (Lipinski definition) is 4. The molecule has 0 spiro atoms. The Morgan fingerprint density at radius 1 is 1.07 bits per heavy atom. The van der Waals surface area contributed by atoms with Crippen LogP contribution in [0, 0.1) is 5.41 Å². The molecule has 0 saturated heterocycles. The monoisotopic (exact) mass is 388 g/mol. The van der Waals surface area contributed by atoms with Crippen LogP contribution in [0.3, 0.4) is 0 Å². The molecule has 1 aliphatic carbocycles. The summed E-state index contributed by atoms with van der Waals surface area (Å²) in [5.74, 6) is -3.23. The average Bonchev–Trinajstić information content (AvgIpc) is 3.08. The maximum atomic E-state index is 11.2. The summed E-state index contributed by atoms with van der Waals surface area (Å²) in [5, 5.41) is 36.2. The molecule has 0 radical (unpaired) electrons. The fraction of sp³-hybridized carbons (Fsp3) is 0.250. The predicted octanol–water partition coefficient (Wildman–Crippen LogP) is 2.93. The van der Waals surface area contributed by atoms with E-state index >= 15 is 0 Å². The van der Waals surface area contributed by atoms with E-state index in [9.17, 15) is 14.4 Å². The fourth-order valence-electron chi connectivity index (χ4n) is 2.87. The van der Waals surface area contributed by atoms with Gasteiger partial charge in [0, 0.05) is 17.6 Å². The molecule has 1 aromatic carbocycles. The number of aliphatic hydroxyl groups is 1. The Morgan fingerprint density at radius 3 is 2.29 bits per heavy atom. The van der Waals surface area contributed by atoms with E-state index < -0.39 is 23.3 Å². The van der Waals surface area contributed by atoms with Gasteiger partial charge in [-0.1, -0.05) is 35.9 Å². The lowest BCUT2D eigenvalue weighted by molar-refractivity contribution is -0.146. The number of aliphatic carboxylic acids is 2. The van der Waals surface area contributed by atoms with E-state index in [2.05, 4.69) is 0 Å². The molecule has 8 heteroatoms. The number of benzene rings is 1. The molecule has 0 fully saturated rings. The van der Waals surface area contributed by atoms with Gasteiger partial charge in [0.05, 0.1) is 5.41 Å². The number of fused-ring (bicyclic) bond motifs is 1. The van der Waals surface area contributed by atoms with Crippen molar-refractivity contribution in [3.05, 3.63) is 59.4 Å². The van der Waals surface area contributed by atoms with E-state index in [1.54, 1.807) is 12.1 Å². The van der Waals surface area contributed by atoms with Gasteiger partial charge in [0.25, 0.3) is 0 Å². The maximum Gasteiger partial charge on any atom is 0.371 e. The number of allylic oxidation sites excluding steroid dienone is 2. The summed E-state index contributed by atoms with van der Waals surface area (Å²) < 4.78 is 5.03. The van der Waals surface area contributed by atoms with Crippen LogP contribution in [0.25, 0.3) is 11.0 Å². The lowest BCUT2D eigenvalue weighted by Crippen LogP contribution is -2.33. The highest BCUT2D eigenvalue weighted by Gasteiger charge is 2.40. The van der Waals surface area contributed by atoms with E-state index in [1.165, 1.54) is 25.1 Å².